The molecule has 0 radical (unpaired) electrons. The van der Waals surface area contributed by atoms with Gasteiger partial charge in [-0.15, -0.1) is 24.8 Å². The Morgan fingerprint density at radius 1 is 1.43 bits per heavy atom. The molecule has 0 saturated carbocycles. The number of hydrogen-bond acceptors (Lipinski definition) is 2. The van der Waals surface area contributed by atoms with E-state index >= 15 is 0 Å². The second kappa shape index (κ2) is 5.59. The van der Waals surface area contributed by atoms with Crippen LogP contribution in [0.4, 0.5) is 0 Å². The zero-order valence-electron chi connectivity index (χ0n) is 8.49. The molecule has 2 rings (SSSR count). The standard InChI is InChI=1S/C9H15N3.2ClH/c1-7(2)9-11-6-8-5-10-3-4-12(8)9;;/h6-7,10H,3-5H2,1-2H3;2*1H. The number of rotatable bonds is 1. The van der Waals surface area contributed by atoms with Crippen molar-refractivity contribution in [1.29, 1.82) is 0 Å². The first kappa shape index (κ1) is 13.8. The van der Waals surface area contributed by atoms with Crippen molar-refractivity contribution in [3.8, 4) is 0 Å². The Kier molecular flexibility index (Phi) is 5.49. The molecular formula is C9H17Cl2N3. The van der Waals surface area contributed by atoms with E-state index in [9.17, 15) is 0 Å². The van der Waals surface area contributed by atoms with Crippen molar-refractivity contribution in [2.45, 2.75) is 32.9 Å². The van der Waals surface area contributed by atoms with Crippen LogP contribution in [0.5, 0.6) is 0 Å². The van der Waals surface area contributed by atoms with Gasteiger partial charge in [0.1, 0.15) is 5.82 Å². The highest BCUT2D eigenvalue weighted by Gasteiger charge is 2.14. The van der Waals surface area contributed by atoms with Crippen molar-refractivity contribution in [3.63, 3.8) is 0 Å². The molecule has 82 valence electrons. The van der Waals surface area contributed by atoms with Crippen molar-refractivity contribution < 1.29 is 0 Å². The third-order valence-electron chi connectivity index (χ3n) is 2.30. The highest BCUT2D eigenvalue weighted by atomic mass is 35.5. The SMILES string of the molecule is CC(C)c1ncc2n1CCNC2.Cl.Cl. The fourth-order valence-corrected chi connectivity index (χ4v) is 1.69. The van der Waals surface area contributed by atoms with E-state index in [1.807, 2.05) is 6.20 Å². The third kappa shape index (κ3) is 2.41. The number of fused-ring (bicyclic) bond motifs is 1. The van der Waals surface area contributed by atoms with Crippen LogP contribution < -0.4 is 5.32 Å². The van der Waals surface area contributed by atoms with Crippen LogP contribution in [0.1, 0.15) is 31.3 Å². The maximum absolute atomic E-state index is 4.42. The topological polar surface area (TPSA) is 29.9 Å². The van der Waals surface area contributed by atoms with Crippen molar-refractivity contribution in [3.05, 3.63) is 17.7 Å². The van der Waals surface area contributed by atoms with E-state index in [1.54, 1.807) is 0 Å². The van der Waals surface area contributed by atoms with E-state index in [0.717, 1.165) is 19.6 Å². The van der Waals surface area contributed by atoms with Gasteiger partial charge in [-0.2, -0.15) is 0 Å². The van der Waals surface area contributed by atoms with Gasteiger partial charge in [-0.05, 0) is 0 Å². The van der Waals surface area contributed by atoms with Gasteiger partial charge in [-0.1, -0.05) is 13.8 Å². The molecule has 0 fully saturated rings. The van der Waals surface area contributed by atoms with Gasteiger partial charge in [-0.25, -0.2) is 4.98 Å². The van der Waals surface area contributed by atoms with Crippen molar-refractivity contribution in [2.24, 2.45) is 0 Å². The van der Waals surface area contributed by atoms with Gasteiger partial charge >= 0.3 is 0 Å². The van der Waals surface area contributed by atoms with Crippen LogP contribution in [-0.4, -0.2) is 16.1 Å². The van der Waals surface area contributed by atoms with E-state index < -0.39 is 0 Å². The summed E-state index contributed by atoms with van der Waals surface area (Å²) in [5.74, 6) is 1.77. The van der Waals surface area contributed by atoms with Crippen LogP contribution in [0.2, 0.25) is 0 Å². The predicted molar refractivity (Wildman–Crippen MR) is 62.5 cm³/mol. The smallest absolute Gasteiger partial charge is 0.111 e. The molecule has 0 bridgehead atoms. The predicted octanol–water partition coefficient (Wildman–Crippen LogP) is 1.95. The Bertz CT molecular complexity index is 284. The first-order valence-corrected chi connectivity index (χ1v) is 4.54. The zero-order valence-corrected chi connectivity index (χ0v) is 10.1. The molecule has 3 nitrogen and oxygen atoms in total. The lowest BCUT2D eigenvalue weighted by Gasteiger charge is -2.18. The van der Waals surface area contributed by atoms with E-state index in [1.165, 1.54) is 11.5 Å². The molecule has 5 heteroatoms. The number of halogens is 2. The second-order valence-corrected chi connectivity index (χ2v) is 3.59. The summed E-state index contributed by atoms with van der Waals surface area (Å²) in [7, 11) is 0. The maximum Gasteiger partial charge on any atom is 0.111 e. The van der Waals surface area contributed by atoms with Gasteiger partial charge in [-0.3, -0.25) is 0 Å². The normalized spacial score (nSPS) is 14.2. The van der Waals surface area contributed by atoms with Crippen molar-refractivity contribution in [1.82, 2.24) is 14.9 Å². The number of hydrogen-bond donors (Lipinski definition) is 1. The lowest BCUT2D eigenvalue weighted by Crippen LogP contribution is -2.28. The Labute approximate surface area is 97.1 Å². The van der Waals surface area contributed by atoms with Gasteiger partial charge in [0.2, 0.25) is 0 Å². The van der Waals surface area contributed by atoms with E-state index in [2.05, 4.69) is 28.7 Å². The number of nitrogens with zero attached hydrogens (tertiary/aromatic N) is 2. The molecule has 0 unspecified atom stereocenters. The van der Waals surface area contributed by atoms with Gasteiger partial charge in [0.05, 0.1) is 5.69 Å². The molecular weight excluding hydrogens is 221 g/mol. The van der Waals surface area contributed by atoms with Gasteiger partial charge in [0.25, 0.3) is 0 Å². The van der Waals surface area contributed by atoms with E-state index in [-0.39, 0.29) is 24.8 Å². The quantitative estimate of drug-likeness (QED) is 0.810. The lowest BCUT2D eigenvalue weighted by molar-refractivity contribution is 0.493. The number of imidazole rings is 1. The molecule has 1 aliphatic heterocycles. The largest absolute Gasteiger partial charge is 0.329 e. The molecule has 1 aromatic heterocycles. The Hall–Kier alpha value is -0.250. The summed E-state index contributed by atoms with van der Waals surface area (Å²) in [6.45, 7) is 7.50. The molecule has 0 saturated heterocycles. The molecule has 0 aliphatic carbocycles. The average Bonchev–Trinajstić information content (AvgIpc) is 2.47. The van der Waals surface area contributed by atoms with Crippen LogP contribution in [0.15, 0.2) is 6.20 Å². The summed E-state index contributed by atoms with van der Waals surface area (Å²) in [4.78, 5) is 4.42. The summed E-state index contributed by atoms with van der Waals surface area (Å²) < 4.78 is 2.33. The highest BCUT2D eigenvalue weighted by Crippen LogP contribution is 2.16. The van der Waals surface area contributed by atoms with Crippen LogP contribution >= 0.6 is 24.8 Å². The summed E-state index contributed by atoms with van der Waals surface area (Å²) in [5.41, 5.74) is 1.32. The van der Waals surface area contributed by atoms with Gasteiger partial charge in [0.15, 0.2) is 0 Å². The Morgan fingerprint density at radius 2 is 2.14 bits per heavy atom. The molecule has 0 atom stereocenters. The second-order valence-electron chi connectivity index (χ2n) is 3.59. The molecule has 0 aromatic carbocycles. The van der Waals surface area contributed by atoms with Crippen molar-refractivity contribution >= 4 is 24.8 Å². The first-order chi connectivity index (χ1) is 5.79. The summed E-state index contributed by atoms with van der Waals surface area (Å²) in [5, 5.41) is 3.33. The fraction of sp³-hybridized carbons (Fsp3) is 0.667. The minimum atomic E-state index is 0. The lowest BCUT2D eigenvalue weighted by atomic mass is 10.2. The van der Waals surface area contributed by atoms with Crippen LogP contribution in [-0.2, 0) is 13.1 Å². The highest BCUT2D eigenvalue weighted by molar-refractivity contribution is 5.85. The Balaban J connectivity index is 0.000000845. The molecule has 1 aromatic rings. The average molecular weight is 238 g/mol. The van der Waals surface area contributed by atoms with Crippen molar-refractivity contribution in [2.75, 3.05) is 6.54 Å². The summed E-state index contributed by atoms with van der Waals surface area (Å²) >= 11 is 0. The molecule has 0 spiro atoms. The Morgan fingerprint density at radius 3 is 2.79 bits per heavy atom. The fourth-order valence-electron chi connectivity index (χ4n) is 1.69. The molecule has 1 aliphatic rings. The monoisotopic (exact) mass is 237 g/mol. The van der Waals surface area contributed by atoms with Gasteiger partial charge in [0, 0.05) is 31.7 Å². The summed E-state index contributed by atoms with van der Waals surface area (Å²) in [6.07, 6.45) is 1.99. The molecule has 0 amide bonds. The third-order valence-corrected chi connectivity index (χ3v) is 2.30. The molecule has 14 heavy (non-hydrogen) atoms. The van der Waals surface area contributed by atoms with E-state index in [4.69, 9.17) is 0 Å². The van der Waals surface area contributed by atoms with Crippen LogP contribution in [0.25, 0.3) is 0 Å². The minimum absolute atomic E-state index is 0. The molecule has 1 N–H and O–H groups in total. The minimum Gasteiger partial charge on any atom is -0.329 e. The zero-order chi connectivity index (χ0) is 8.55. The number of aromatic nitrogens is 2. The maximum atomic E-state index is 4.42. The van der Waals surface area contributed by atoms with E-state index in [0.29, 0.717) is 5.92 Å². The van der Waals surface area contributed by atoms with Crippen LogP contribution in [0.3, 0.4) is 0 Å². The number of nitrogens with one attached hydrogen (secondary N) is 1. The molecule has 2 heterocycles. The summed E-state index contributed by atoms with van der Waals surface area (Å²) in [6, 6.07) is 0. The van der Waals surface area contributed by atoms with Gasteiger partial charge < -0.3 is 9.88 Å². The van der Waals surface area contributed by atoms with Crippen LogP contribution in [0, 0.1) is 0 Å². The first-order valence-electron chi connectivity index (χ1n) is 4.54.